The van der Waals surface area contributed by atoms with Crippen LogP contribution < -0.4 is 5.32 Å². The Morgan fingerprint density at radius 2 is 1.87 bits per heavy atom. The van der Waals surface area contributed by atoms with E-state index in [1.165, 1.54) is 24.3 Å². The van der Waals surface area contributed by atoms with Crippen molar-refractivity contribution in [2.24, 2.45) is 0 Å². The number of hydrogen-bond acceptors (Lipinski definition) is 5. The van der Waals surface area contributed by atoms with Gasteiger partial charge >= 0.3 is 0 Å². The lowest BCUT2D eigenvalue weighted by atomic mass is 10.1. The Kier molecular flexibility index (Phi) is 3.65. The third kappa shape index (κ3) is 3.09. The summed E-state index contributed by atoms with van der Waals surface area (Å²) in [6.45, 7) is 0. The zero-order valence-corrected chi connectivity index (χ0v) is 12.9. The summed E-state index contributed by atoms with van der Waals surface area (Å²) in [7, 11) is -3.35. The Balaban J connectivity index is 2.13. The molecule has 118 valence electrons. The fourth-order valence-electron chi connectivity index (χ4n) is 2.22. The van der Waals surface area contributed by atoms with E-state index in [4.69, 9.17) is 0 Å². The van der Waals surface area contributed by atoms with Crippen molar-refractivity contribution in [2.45, 2.75) is 4.90 Å². The third-order valence-corrected chi connectivity index (χ3v) is 4.48. The first kappa shape index (κ1) is 15.2. The third-order valence-electron chi connectivity index (χ3n) is 3.37. The van der Waals surface area contributed by atoms with E-state index in [-0.39, 0.29) is 10.6 Å². The van der Waals surface area contributed by atoms with E-state index in [2.05, 4.69) is 10.3 Å². The molecule has 3 rings (SSSR count). The van der Waals surface area contributed by atoms with Crippen LogP contribution in [0.15, 0.2) is 53.6 Å². The minimum Gasteiger partial charge on any atom is -0.506 e. The number of sulfone groups is 1. The maximum absolute atomic E-state index is 13.1. The number of phenolic OH excluding ortho intramolecular Hbond substituents is 1. The summed E-state index contributed by atoms with van der Waals surface area (Å²) in [5.74, 6) is -0.791. The molecule has 0 aliphatic carbocycles. The summed E-state index contributed by atoms with van der Waals surface area (Å²) in [5, 5.41) is 13.3. The van der Waals surface area contributed by atoms with Crippen LogP contribution in [-0.2, 0) is 9.84 Å². The lowest BCUT2D eigenvalue weighted by Crippen LogP contribution is -1.98. The molecule has 0 aliphatic heterocycles. The summed E-state index contributed by atoms with van der Waals surface area (Å²) >= 11 is 0. The van der Waals surface area contributed by atoms with Gasteiger partial charge in [0.2, 0.25) is 0 Å². The van der Waals surface area contributed by atoms with E-state index in [1.807, 2.05) is 0 Å². The zero-order chi connectivity index (χ0) is 16.6. The van der Waals surface area contributed by atoms with E-state index in [0.29, 0.717) is 22.3 Å². The predicted molar refractivity (Wildman–Crippen MR) is 86.2 cm³/mol. The van der Waals surface area contributed by atoms with Crippen molar-refractivity contribution in [1.82, 2.24) is 4.98 Å². The van der Waals surface area contributed by atoms with Gasteiger partial charge in [-0.25, -0.2) is 12.8 Å². The van der Waals surface area contributed by atoms with Crippen LogP contribution in [0.1, 0.15) is 0 Å². The molecule has 0 aliphatic rings. The molecule has 2 aromatic carbocycles. The van der Waals surface area contributed by atoms with Gasteiger partial charge in [0.1, 0.15) is 11.6 Å². The second kappa shape index (κ2) is 5.51. The van der Waals surface area contributed by atoms with Gasteiger partial charge in [-0.2, -0.15) is 0 Å². The number of aromatic hydroxyl groups is 1. The Bertz CT molecular complexity index is 1000. The van der Waals surface area contributed by atoms with Gasteiger partial charge in [-0.15, -0.1) is 0 Å². The van der Waals surface area contributed by atoms with Gasteiger partial charge in [0.15, 0.2) is 9.84 Å². The number of fused-ring (bicyclic) bond motifs is 1. The summed E-state index contributed by atoms with van der Waals surface area (Å²) in [6.07, 6.45) is 2.69. The van der Waals surface area contributed by atoms with Gasteiger partial charge in [0, 0.05) is 29.6 Å². The summed E-state index contributed by atoms with van der Waals surface area (Å²) < 4.78 is 36.5. The molecule has 1 aromatic heterocycles. The van der Waals surface area contributed by atoms with Crippen molar-refractivity contribution in [3.63, 3.8) is 0 Å². The number of nitrogens with zero attached hydrogens (tertiary/aromatic N) is 1. The van der Waals surface area contributed by atoms with Crippen molar-refractivity contribution in [2.75, 3.05) is 11.6 Å². The number of benzene rings is 2. The Morgan fingerprint density at radius 1 is 1.09 bits per heavy atom. The highest BCUT2D eigenvalue weighted by atomic mass is 32.2. The molecule has 0 atom stereocenters. The fraction of sp³-hybridized carbons (Fsp3) is 0.0625. The first-order valence-corrected chi connectivity index (χ1v) is 8.58. The van der Waals surface area contributed by atoms with Crippen LogP contribution in [0.5, 0.6) is 5.75 Å². The van der Waals surface area contributed by atoms with Crippen LogP contribution in [0.25, 0.3) is 10.9 Å². The van der Waals surface area contributed by atoms with Crippen molar-refractivity contribution in [3.8, 4) is 5.75 Å². The Labute approximate surface area is 132 Å². The monoisotopic (exact) mass is 332 g/mol. The van der Waals surface area contributed by atoms with Crippen LogP contribution in [0.3, 0.4) is 0 Å². The quantitative estimate of drug-likeness (QED) is 0.720. The molecule has 0 amide bonds. The molecular weight excluding hydrogens is 319 g/mol. The van der Waals surface area contributed by atoms with Crippen molar-refractivity contribution in [1.29, 1.82) is 0 Å². The maximum Gasteiger partial charge on any atom is 0.175 e. The van der Waals surface area contributed by atoms with Gasteiger partial charge in [0.25, 0.3) is 0 Å². The fourth-order valence-corrected chi connectivity index (χ4v) is 2.87. The minimum atomic E-state index is -3.35. The summed E-state index contributed by atoms with van der Waals surface area (Å²) in [5.41, 5.74) is 1.47. The van der Waals surface area contributed by atoms with Crippen LogP contribution in [-0.4, -0.2) is 24.8 Å². The number of aromatic nitrogens is 1. The molecule has 0 spiro atoms. The molecule has 0 radical (unpaired) electrons. The number of pyridine rings is 1. The van der Waals surface area contributed by atoms with Gasteiger partial charge < -0.3 is 10.4 Å². The lowest BCUT2D eigenvalue weighted by molar-refractivity contribution is 0.471. The number of phenols is 1. The average Bonchev–Trinajstić information content (AvgIpc) is 2.49. The van der Waals surface area contributed by atoms with Gasteiger partial charge in [0.05, 0.1) is 16.1 Å². The molecule has 5 nitrogen and oxygen atoms in total. The van der Waals surface area contributed by atoms with Crippen molar-refractivity contribution in [3.05, 3.63) is 54.5 Å². The smallest absolute Gasteiger partial charge is 0.175 e. The van der Waals surface area contributed by atoms with E-state index < -0.39 is 15.7 Å². The van der Waals surface area contributed by atoms with Crippen LogP contribution in [0.4, 0.5) is 15.8 Å². The van der Waals surface area contributed by atoms with E-state index in [9.17, 15) is 17.9 Å². The number of rotatable bonds is 3. The van der Waals surface area contributed by atoms with E-state index >= 15 is 0 Å². The maximum atomic E-state index is 13.1. The molecule has 0 saturated heterocycles. The average molecular weight is 332 g/mol. The molecule has 0 unspecified atom stereocenters. The highest BCUT2D eigenvalue weighted by molar-refractivity contribution is 7.90. The highest BCUT2D eigenvalue weighted by Crippen LogP contribution is 2.31. The molecule has 3 aromatic rings. The van der Waals surface area contributed by atoms with Crippen LogP contribution in [0.2, 0.25) is 0 Å². The SMILES string of the molecule is CS(=O)(=O)c1ccc2nccc(Nc3ccc(F)cc3O)c2c1. The van der Waals surface area contributed by atoms with Crippen molar-refractivity contribution < 1.29 is 17.9 Å². The number of nitrogens with one attached hydrogen (secondary N) is 1. The molecule has 0 saturated carbocycles. The topological polar surface area (TPSA) is 79.3 Å². The molecule has 7 heteroatoms. The normalized spacial score (nSPS) is 11.6. The molecular formula is C16H13FN2O3S. The standard InChI is InChI=1S/C16H13FN2O3S/c1-23(21,22)11-3-5-13-12(9-11)14(6-7-18-13)19-15-4-2-10(17)8-16(15)20/h2-9,20H,1H3,(H,18,19). The second-order valence-corrected chi connectivity index (χ2v) is 7.11. The first-order valence-electron chi connectivity index (χ1n) is 6.69. The molecule has 0 bridgehead atoms. The molecule has 2 N–H and O–H groups in total. The number of anilines is 2. The first-order chi connectivity index (χ1) is 10.8. The summed E-state index contributed by atoms with van der Waals surface area (Å²) in [4.78, 5) is 4.36. The zero-order valence-electron chi connectivity index (χ0n) is 12.1. The second-order valence-electron chi connectivity index (χ2n) is 5.10. The Morgan fingerprint density at radius 3 is 2.57 bits per heavy atom. The van der Waals surface area contributed by atoms with Gasteiger partial charge in [-0.05, 0) is 36.4 Å². The lowest BCUT2D eigenvalue weighted by Gasteiger charge is -2.11. The molecule has 0 fully saturated rings. The van der Waals surface area contributed by atoms with E-state index in [0.717, 1.165) is 12.3 Å². The molecule has 1 heterocycles. The van der Waals surface area contributed by atoms with Gasteiger partial charge in [-0.1, -0.05) is 0 Å². The molecule has 23 heavy (non-hydrogen) atoms. The Hall–Kier alpha value is -2.67. The predicted octanol–water partition coefficient (Wildman–Crippen LogP) is 3.23. The summed E-state index contributed by atoms with van der Waals surface area (Å²) in [6, 6.07) is 9.88. The van der Waals surface area contributed by atoms with Crippen LogP contribution in [0, 0.1) is 5.82 Å². The number of hydrogen-bond donors (Lipinski definition) is 2. The van der Waals surface area contributed by atoms with Crippen molar-refractivity contribution >= 4 is 32.1 Å². The minimum absolute atomic E-state index is 0.171. The largest absolute Gasteiger partial charge is 0.506 e. The highest BCUT2D eigenvalue weighted by Gasteiger charge is 2.11. The van der Waals surface area contributed by atoms with Gasteiger partial charge in [-0.3, -0.25) is 4.98 Å². The van der Waals surface area contributed by atoms with Crippen LogP contribution >= 0.6 is 0 Å². The number of halogens is 1. The van der Waals surface area contributed by atoms with E-state index in [1.54, 1.807) is 18.3 Å².